The third-order valence-corrected chi connectivity index (χ3v) is 5.12. The number of alkyl halides is 2. The van der Waals surface area contributed by atoms with Crippen molar-refractivity contribution in [2.75, 3.05) is 13.1 Å². The van der Waals surface area contributed by atoms with Crippen LogP contribution in [0.2, 0.25) is 0 Å². The lowest BCUT2D eigenvalue weighted by molar-refractivity contribution is -0.0112. The summed E-state index contributed by atoms with van der Waals surface area (Å²) in [6.07, 6.45) is 3.84. The zero-order chi connectivity index (χ0) is 15.7. The van der Waals surface area contributed by atoms with Gasteiger partial charge in [-0.25, -0.2) is 0 Å². The molecular weight excluding hydrogens is 306 g/mol. The van der Waals surface area contributed by atoms with Crippen molar-refractivity contribution in [1.29, 1.82) is 0 Å². The number of aromatic nitrogens is 1. The molecule has 3 nitrogen and oxygen atoms in total. The number of thiophene rings is 1. The first-order chi connectivity index (χ1) is 10.4. The molecule has 0 amide bonds. The van der Waals surface area contributed by atoms with Gasteiger partial charge in [0.2, 0.25) is 5.76 Å². The largest absolute Gasteiger partial charge is 0.354 e. The van der Waals surface area contributed by atoms with Crippen LogP contribution in [-0.4, -0.2) is 23.1 Å². The van der Waals surface area contributed by atoms with Gasteiger partial charge < -0.3 is 4.52 Å². The standard InChI is InChI=1S/C16H20F2N2OS/c1-11-14(19-21-15(11)16(2,17)18)13-7-6-12(22-13)10-20-8-4-3-5-9-20/h6-7H,3-5,8-10H2,1-2H3. The van der Waals surface area contributed by atoms with Gasteiger partial charge in [-0.15, -0.1) is 11.3 Å². The van der Waals surface area contributed by atoms with Crippen molar-refractivity contribution < 1.29 is 13.3 Å². The van der Waals surface area contributed by atoms with E-state index in [1.165, 1.54) is 24.1 Å². The Kier molecular flexibility index (Phi) is 4.32. The summed E-state index contributed by atoms with van der Waals surface area (Å²) in [5.74, 6) is -3.34. The molecular formula is C16H20F2N2OS. The molecule has 0 radical (unpaired) electrons. The smallest absolute Gasteiger partial charge is 0.304 e. The molecule has 3 heterocycles. The van der Waals surface area contributed by atoms with Crippen LogP contribution in [0.5, 0.6) is 0 Å². The minimum absolute atomic E-state index is 0.339. The fourth-order valence-electron chi connectivity index (χ4n) is 2.90. The van der Waals surface area contributed by atoms with Crippen molar-refractivity contribution in [2.45, 2.75) is 45.6 Å². The maximum atomic E-state index is 13.4. The maximum Gasteiger partial charge on any atom is 0.304 e. The number of piperidine rings is 1. The zero-order valence-electron chi connectivity index (χ0n) is 12.9. The fourth-order valence-corrected chi connectivity index (χ4v) is 3.99. The van der Waals surface area contributed by atoms with Gasteiger partial charge in [0.05, 0.1) is 4.88 Å². The van der Waals surface area contributed by atoms with Crippen LogP contribution < -0.4 is 0 Å². The van der Waals surface area contributed by atoms with Crippen molar-refractivity contribution in [3.63, 3.8) is 0 Å². The Bertz CT molecular complexity index is 639. The molecule has 0 bridgehead atoms. The first-order valence-corrected chi connectivity index (χ1v) is 8.43. The van der Waals surface area contributed by atoms with Crippen LogP contribution >= 0.6 is 11.3 Å². The van der Waals surface area contributed by atoms with Crippen molar-refractivity contribution >= 4 is 11.3 Å². The number of rotatable bonds is 4. The second-order valence-electron chi connectivity index (χ2n) is 5.98. The van der Waals surface area contributed by atoms with Gasteiger partial charge in [0, 0.05) is 23.9 Å². The summed E-state index contributed by atoms with van der Waals surface area (Å²) in [5.41, 5.74) is 0.963. The predicted molar refractivity (Wildman–Crippen MR) is 83.2 cm³/mol. The number of nitrogens with zero attached hydrogens (tertiary/aromatic N) is 2. The molecule has 2 aromatic heterocycles. The monoisotopic (exact) mass is 326 g/mol. The summed E-state index contributed by atoms with van der Waals surface area (Å²) in [6, 6.07) is 4.01. The van der Waals surface area contributed by atoms with Crippen LogP contribution in [0.4, 0.5) is 8.78 Å². The molecule has 1 saturated heterocycles. The molecule has 0 spiro atoms. The molecule has 1 fully saturated rings. The first-order valence-electron chi connectivity index (χ1n) is 7.61. The average Bonchev–Trinajstić information content (AvgIpc) is 3.06. The van der Waals surface area contributed by atoms with Gasteiger partial charge >= 0.3 is 5.92 Å². The van der Waals surface area contributed by atoms with Crippen LogP contribution in [0, 0.1) is 6.92 Å². The zero-order valence-corrected chi connectivity index (χ0v) is 13.7. The lowest BCUT2D eigenvalue weighted by atomic mass is 10.1. The van der Waals surface area contributed by atoms with Crippen LogP contribution in [0.1, 0.15) is 42.4 Å². The molecule has 3 rings (SSSR count). The number of hydrogen-bond donors (Lipinski definition) is 0. The highest BCUT2D eigenvalue weighted by molar-refractivity contribution is 7.15. The Balaban J connectivity index is 1.77. The van der Waals surface area contributed by atoms with E-state index in [9.17, 15) is 8.78 Å². The van der Waals surface area contributed by atoms with Gasteiger partial charge in [-0.3, -0.25) is 4.90 Å². The van der Waals surface area contributed by atoms with Crippen LogP contribution in [0.15, 0.2) is 16.7 Å². The van der Waals surface area contributed by atoms with Gasteiger partial charge in [-0.2, -0.15) is 8.78 Å². The Labute approximate surface area is 132 Å². The number of halogens is 2. The highest BCUT2D eigenvalue weighted by Crippen LogP contribution is 2.37. The second kappa shape index (κ2) is 6.08. The topological polar surface area (TPSA) is 29.3 Å². The Morgan fingerprint density at radius 3 is 2.64 bits per heavy atom. The number of likely N-dealkylation sites (tertiary alicyclic amines) is 1. The first kappa shape index (κ1) is 15.6. The molecule has 0 saturated carbocycles. The Hall–Kier alpha value is -1.27. The summed E-state index contributed by atoms with van der Waals surface area (Å²) in [4.78, 5) is 4.58. The van der Waals surface area contributed by atoms with E-state index in [0.717, 1.165) is 31.4 Å². The molecule has 2 aromatic rings. The van der Waals surface area contributed by atoms with Crippen LogP contribution in [-0.2, 0) is 12.5 Å². The molecule has 0 unspecified atom stereocenters. The van der Waals surface area contributed by atoms with Gasteiger partial charge in [0.1, 0.15) is 5.69 Å². The van der Waals surface area contributed by atoms with E-state index in [1.807, 2.05) is 6.07 Å². The summed E-state index contributed by atoms with van der Waals surface area (Å²) < 4.78 is 31.7. The molecule has 0 aromatic carbocycles. The molecule has 1 aliphatic rings. The normalized spacial score (nSPS) is 17.1. The van der Waals surface area contributed by atoms with E-state index >= 15 is 0 Å². The van der Waals surface area contributed by atoms with Gasteiger partial charge in [-0.1, -0.05) is 11.6 Å². The van der Waals surface area contributed by atoms with Crippen LogP contribution in [0.25, 0.3) is 10.6 Å². The summed E-state index contributed by atoms with van der Waals surface area (Å²) in [5, 5.41) is 3.85. The van der Waals surface area contributed by atoms with E-state index in [-0.39, 0.29) is 5.76 Å². The van der Waals surface area contributed by atoms with Crippen molar-refractivity contribution in [3.05, 3.63) is 28.3 Å². The van der Waals surface area contributed by atoms with Gasteiger partial charge in [-0.05, 0) is 45.0 Å². The third kappa shape index (κ3) is 3.22. The molecule has 1 aliphatic heterocycles. The lowest BCUT2D eigenvalue weighted by Crippen LogP contribution is -2.28. The number of hydrogen-bond acceptors (Lipinski definition) is 4. The predicted octanol–water partition coefficient (Wildman–Crippen LogP) is 4.81. The minimum Gasteiger partial charge on any atom is -0.354 e. The van der Waals surface area contributed by atoms with Gasteiger partial charge in [0.15, 0.2) is 0 Å². The van der Waals surface area contributed by atoms with E-state index < -0.39 is 5.92 Å². The van der Waals surface area contributed by atoms with Crippen molar-refractivity contribution in [2.24, 2.45) is 0 Å². The summed E-state index contributed by atoms with van der Waals surface area (Å²) in [6.45, 7) is 5.69. The van der Waals surface area contributed by atoms with Crippen LogP contribution in [0.3, 0.4) is 0 Å². The highest BCUT2D eigenvalue weighted by atomic mass is 32.1. The molecule has 120 valence electrons. The molecule has 0 aliphatic carbocycles. The SMILES string of the molecule is Cc1c(-c2ccc(CN3CCCCC3)s2)noc1C(C)(F)F. The minimum atomic E-state index is -3.00. The van der Waals surface area contributed by atoms with E-state index in [4.69, 9.17) is 4.52 Å². The molecule has 6 heteroatoms. The highest BCUT2D eigenvalue weighted by Gasteiger charge is 2.33. The van der Waals surface area contributed by atoms with Gasteiger partial charge in [0.25, 0.3) is 0 Å². The quantitative estimate of drug-likeness (QED) is 0.807. The molecule has 0 N–H and O–H groups in total. The van der Waals surface area contributed by atoms with E-state index in [1.54, 1.807) is 18.3 Å². The van der Waals surface area contributed by atoms with Crippen molar-refractivity contribution in [3.8, 4) is 10.6 Å². The fraction of sp³-hybridized carbons (Fsp3) is 0.562. The average molecular weight is 326 g/mol. The molecule has 22 heavy (non-hydrogen) atoms. The lowest BCUT2D eigenvalue weighted by Gasteiger charge is -2.25. The third-order valence-electron chi connectivity index (χ3n) is 4.05. The summed E-state index contributed by atoms with van der Waals surface area (Å²) >= 11 is 1.61. The van der Waals surface area contributed by atoms with E-state index in [2.05, 4.69) is 16.1 Å². The summed E-state index contributed by atoms with van der Waals surface area (Å²) in [7, 11) is 0. The Morgan fingerprint density at radius 1 is 1.27 bits per heavy atom. The molecule has 0 atom stereocenters. The van der Waals surface area contributed by atoms with E-state index in [0.29, 0.717) is 11.3 Å². The Morgan fingerprint density at radius 2 is 2.00 bits per heavy atom. The second-order valence-corrected chi connectivity index (χ2v) is 7.14. The van der Waals surface area contributed by atoms with Crippen molar-refractivity contribution in [1.82, 2.24) is 10.1 Å². The maximum absolute atomic E-state index is 13.4.